The molecule has 0 aliphatic rings. The Labute approximate surface area is 120 Å². The summed E-state index contributed by atoms with van der Waals surface area (Å²) in [4.78, 5) is 13.7. The van der Waals surface area contributed by atoms with Crippen LogP contribution in [0.5, 0.6) is 0 Å². The topological polar surface area (TPSA) is 131 Å². The molecule has 1 atom stereocenters. The molecule has 1 aromatic carbocycles. The van der Waals surface area contributed by atoms with Gasteiger partial charge in [0.1, 0.15) is 6.04 Å². The van der Waals surface area contributed by atoms with Crippen LogP contribution in [-0.4, -0.2) is 42.7 Å². The average Bonchev–Trinajstić information content (AvgIpc) is 2.93. The van der Waals surface area contributed by atoms with Gasteiger partial charge in [0, 0.05) is 23.5 Å². The molecule has 21 heavy (non-hydrogen) atoms. The van der Waals surface area contributed by atoms with Gasteiger partial charge in [-0.25, -0.2) is 0 Å². The second-order valence-electron chi connectivity index (χ2n) is 4.22. The molecule has 0 saturated carbocycles. The molecule has 2 aromatic heterocycles. The standard InChI is InChI=1S/C11H12N2O2.C2H2N4/c12-9(11(14)15)5-7-6-13-10-4-2-1-3-8(7)10;1-2-4-6-5-3-1/h1-4,6,9,13H,5,12H2,(H,14,15);1-2H/t9-;/m0./s1. The SMILES string of the molecule is N[C@@H](Cc1c[nH]c2ccccc12)C(=O)O.c1cnnnn1. The van der Waals surface area contributed by atoms with E-state index in [-0.39, 0.29) is 0 Å². The van der Waals surface area contributed by atoms with Gasteiger partial charge in [0.25, 0.3) is 0 Å². The molecule has 0 radical (unpaired) electrons. The van der Waals surface area contributed by atoms with Gasteiger partial charge < -0.3 is 15.8 Å². The van der Waals surface area contributed by atoms with Gasteiger partial charge in [-0.2, -0.15) is 0 Å². The Morgan fingerprint density at radius 2 is 1.90 bits per heavy atom. The van der Waals surface area contributed by atoms with Crippen molar-refractivity contribution < 1.29 is 9.90 Å². The van der Waals surface area contributed by atoms with E-state index >= 15 is 0 Å². The number of aromatic amines is 1. The number of benzene rings is 1. The Morgan fingerprint density at radius 1 is 1.24 bits per heavy atom. The second-order valence-corrected chi connectivity index (χ2v) is 4.22. The van der Waals surface area contributed by atoms with Crippen LogP contribution in [0.15, 0.2) is 42.9 Å². The van der Waals surface area contributed by atoms with Gasteiger partial charge in [-0.1, -0.05) is 18.2 Å². The first-order valence-electron chi connectivity index (χ1n) is 6.17. The van der Waals surface area contributed by atoms with Crippen LogP contribution in [0.3, 0.4) is 0 Å². The van der Waals surface area contributed by atoms with Crippen molar-refractivity contribution in [2.24, 2.45) is 5.73 Å². The Kier molecular flexibility index (Phi) is 4.89. The van der Waals surface area contributed by atoms with Crippen molar-refractivity contribution in [1.82, 2.24) is 25.6 Å². The lowest BCUT2D eigenvalue weighted by Gasteiger charge is -2.04. The number of carboxylic acid groups (broad SMARTS) is 1. The lowest BCUT2D eigenvalue weighted by atomic mass is 10.1. The van der Waals surface area contributed by atoms with E-state index in [0.29, 0.717) is 6.42 Å². The molecule has 0 amide bonds. The number of nitrogens with zero attached hydrogens (tertiary/aromatic N) is 4. The largest absolute Gasteiger partial charge is 0.480 e. The predicted molar refractivity (Wildman–Crippen MR) is 75.2 cm³/mol. The monoisotopic (exact) mass is 286 g/mol. The number of nitrogens with one attached hydrogen (secondary N) is 1. The van der Waals surface area contributed by atoms with Crippen LogP contribution in [0.4, 0.5) is 0 Å². The lowest BCUT2D eigenvalue weighted by molar-refractivity contribution is -0.138. The molecule has 0 saturated heterocycles. The predicted octanol–water partition coefficient (Wildman–Crippen LogP) is 0.389. The maximum absolute atomic E-state index is 10.6. The molecular formula is C13H14N6O2. The van der Waals surface area contributed by atoms with E-state index in [1.807, 2.05) is 30.5 Å². The maximum atomic E-state index is 10.6. The maximum Gasteiger partial charge on any atom is 0.320 e. The zero-order valence-corrected chi connectivity index (χ0v) is 11.0. The van der Waals surface area contributed by atoms with Gasteiger partial charge in [-0.05, 0) is 22.1 Å². The number of nitrogens with two attached hydrogens (primary N) is 1. The van der Waals surface area contributed by atoms with Crippen LogP contribution in [0.1, 0.15) is 5.56 Å². The first-order chi connectivity index (χ1) is 10.2. The molecule has 4 N–H and O–H groups in total. The molecule has 0 aliphatic heterocycles. The summed E-state index contributed by atoms with van der Waals surface area (Å²) < 4.78 is 0. The van der Waals surface area contributed by atoms with E-state index in [2.05, 4.69) is 25.6 Å². The highest BCUT2D eigenvalue weighted by Crippen LogP contribution is 2.18. The number of carboxylic acids is 1. The minimum atomic E-state index is -0.972. The summed E-state index contributed by atoms with van der Waals surface area (Å²) in [5.41, 5.74) is 7.43. The molecular weight excluding hydrogens is 272 g/mol. The summed E-state index contributed by atoms with van der Waals surface area (Å²) in [5.74, 6) is -0.972. The third-order valence-corrected chi connectivity index (χ3v) is 2.78. The molecule has 8 nitrogen and oxygen atoms in total. The van der Waals surface area contributed by atoms with Gasteiger partial charge in [0.05, 0.1) is 12.4 Å². The average molecular weight is 286 g/mol. The molecule has 0 aliphatic carbocycles. The first kappa shape index (κ1) is 14.5. The van der Waals surface area contributed by atoms with Crippen molar-refractivity contribution in [3.05, 3.63) is 48.4 Å². The highest BCUT2D eigenvalue weighted by Gasteiger charge is 2.14. The summed E-state index contributed by atoms with van der Waals surface area (Å²) in [5, 5.41) is 22.8. The summed E-state index contributed by atoms with van der Waals surface area (Å²) in [6.07, 6.45) is 5.09. The van der Waals surface area contributed by atoms with E-state index < -0.39 is 12.0 Å². The first-order valence-corrected chi connectivity index (χ1v) is 6.17. The fraction of sp³-hybridized carbons (Fsp3) is 0.154. The molecule has 8 heteroatoms. The number of hydrogen-bond acceptors (Lipinski definition) is 6. The molecule has 2 heterocycles. The molecule has 0 unspecified atom stereocenters. The Morgan fingerprint density at radius 3 is 2.48 bits per heavy atom. The van der Waals surface area contributed by atoms with Crippen LogP contribution < -0.4 is 5.73 Å². The van der Waals surface area contributed by atoms with Gasteiger partial charge in [0.2, 0.25) is 0 Å². The molecule has 108 valence electrons. The molecule has 0 bridgehead atoms. The number of aliphatic carboxylic acids is 1. The Hall–Kier alpha value is -2.87. The number of aromatic nitrogens is 5. The van der Waals surface area contributed by atoms with E-state index in [1.165, 1.54) is 12.4 Å². The second kappa shape index (κ2) is 7.06. The quantitative estimate of drug-likeness (QED) is 0.634. The smallest absolute Gasteiger partial charge is 0.320 e. The van der Waals surface area contributed by atoms with Gasteiger partial charge in [-0.15, -0.1) is 10.2 Å². The number of rotatable bonds is 3. The van der Waals surface area contributed by atoms with Gasteiger partial charge in [0.15, 0.2) is 0 Å². The van der Waals surface area contributed by atoms with Crippen molar-refractivity contribution in [3.8, 4) is 0 Å². The number of para-hydroxylation sites is 1. The van der Waals surface area contributed by atoms with Crippen molar-refractivity contribution in [2.45, 2.75) is 12.5 Å². The molecule has 0 fully saturated rings. The third-order valence-electron chi connectivity index (χ3n) is 2.78. The zero-order valence-electron chi connectivity index (χ0n) is 11.0. The molecule has 3 aromatic rings. The van der Waals surface area contributed by atoms with Crippen molar-refractivity contribution in [3.63, 3.8) is 0 Å². The highest BCUT2D eigenvalue weighted by molar-refractivity contribution is 5.84. The third kappa shape index (κ3) is 4.05. The number of H-pyrrole nitrogens is 1. The minimum Gasteiger partial charge on any atom is -0.480 e. The Balaban J connectivity index is 0.000000225. The fourth-order valence-corrected chi connectivity index (χ4v) is 1.79. The summed E-state index contributed by atoms with van der Waals surface area (Å²) in [6, 6.07) is 6.91. The van der Waals surface area contributed by atoms with E-state index in [0.717, 1.165) is 16.5 Å². The highest BCUT2D eigenvalue weighted by atomic mass is 16.4. The van der Waals surface area contributed by atoms with Crippen LogP contribution in [-0.2, 0) is 11.2 Å². The van der Waals surface area contributed by atoms with Crippen molar-refractivity contribution in [2.75, 3.05) is 0 Å². The van der Waals surface area contributed by atoms with Gasteiger partial charge in [-0.3, -0.25) is 4.79 Å². The van der Waals surface area contributed by atoms with Crippen LogP contribution in [0.2, 0.25) is 0 Å². The number of carbonyl (C=O) groups is 1. The summed E-state index contributed by atoms with van der Waals surface area (Å²) in [7, 11) is 0. The normalized spacial score (nSPS) is 11.5. The van der Waals surface area contributed by atoms with E-state index in [4.69, 9.17) is 10.8 Å². The molecule has 0 spiro atoms. The zero-order chi connectivity index (χ0) is 15.1. The van der Waals surface area contributed by atoms with Crippen LogP contribution in [0, 0.1) is 0 Å². The van der Waals surface area contributed by atoms with Crippen molar-refractivity contribution in [1.29, 1.82) is 0 Å². The number of fused-ring (bicyclic) bond motifs is 1. The van der Waals surface area contributed by atoms with Crippen molar-refractivity contribution >= 4 is 16.9 Å². The fourth-order valence-electron chi connectivity index (χ4n) is 1.79. The summed E-state index contributed by atoms with van der Waals surface area (Å²) in [6.45, 7) is 0. The minimum absolute atomic E-state index is 0.347. The number of hydrogen-bond donors (Lipinski definition) is 3. The summed E-state index contributed by atoms with van der Waals surface area (Å²) >= 11 is 0. The van der Waals surface area contributed by atoms with Gasteiger partial charge >= 0.3 is 5.97 Å². The molecule has 3 rings (SSSR count). The van der Waals surface area contributed by atoms with Crippen LogP contribution >= 0.6 is 0 Å². The van der Waals surface area contributed by atoms with E-state index in [1.54, 1.807) is 0 Å². The lowest BCUT2D eigenvalue weighted by Crippen LogP contribution is -2.32. The van der Waals surface area contributed by atoms with Crippen LogP contribution in [0.25, 0.3) is 10.9 Å². The Bertz CT molecular complexity index is 673. The van der Waals surface area contributed by atoms with E-state index in [9.17, 15) is 4.79 Å².